The van der Waals surface area contributed by atoms with E-state index in [4.69, 9.17) is 11.1 Å². The van der Waals surface area contributed by atoms with Gasteiger partial charge in [0.05, 0.1) is 5.84 Å². The molecule has 3 nitrogen and oxygen atoms in total. The highest BCUT2D eigenvalue weighted by atomic mass is 15.1. The van der Waals surface area contributed by atoms with E-state index in [9.17, 15) is 0 Å². The van der Waals surface area contributed by atoms with E-state index in [0.29, 0.717) is 12.3 Å². The van der Waals surface area contributed by atoms with E-state index in [1.54, 1.807) is 0 Å². The highest BCUT2D eigenvalue weighted by Gasteiger charge is 2.07. The molecule has 82 valence electrons. The Morgan fingerprint density at radius 2 is 1.87 bits per heavy atom. The number of hydrogen-bond acceptors (Lipinski definition) is 2. The summed E-state index contributed by atoms with van der Waals surface area (Å²) in [6.07, 6.45) is 0.667. The Morgan fingerprint density at radius 1 is 1.27 bits per heavy atom. The number of nitrogens with zero attached hydrogens (tertiary/aromatic N) is 1. The largest absolute Gasteiger partial charge is 0.399 e. The van der Waals surface area contributed by atoms with Crippen LogP contribution in [-0.4, -0.2) is 24.8 Å². The molecule has 0 amide bonds. The van der Waals surface area contributed by atoms with Crippen LogP contribution >= 0.6 is 0 Å². The SMILES string of the molecule is Cc1c(N)ccc(CC(=N)N(C)C)c1C. The van der Waals surface area contributed by atoms with Gasteiger partial charge in [-0.2, -0.15) is 0 Å². The van der Waals surface area contributed by atoms with Crippen LogP contribution in [0.15, 0.2) is 12.1 Å². The van der Waals surface area contributed by atoms with Gasteiger partial charge in [0.25, 0.3) is 0 Å². The van der Waals surface area contributed by atoms with Gasteiger partial charge in [0.15, 0.2) is 0 Å². The summed E-state index contributed by atoms with van der Waals surface area (Å²) < 4.78 is 0. The summed E-state index contributed by atoms with van der Waals surface area (Å²) in [7, 11) is 3.78. The second-order valence-electron chi connectivity index (χ2n) is 4.08. The molecule has 0 aromatic heterocycles. The molecule has 0 unspecified atom stereocenters. The minimum atomic E-state index is 0.613. The molecule has 1 rings (SSSR count). The van der Waals surface area contributed by atoms with Gasteiger partial charge in [-0.1, -0.05) is 6.07 Å². The van der Waals surface area contributed by atoms with Crippen molar-refractivity contribution in [3.63, 3.8) is 0 Å². The quantitative estimate of drug-likeness (QED) is 0.440. The van der Waals surface area contributed by atoms with E-state index < -0.39 is 0 Å². The lowest BCUT2D eigenvalue weighted by atomic mass is 9.99. The summed E-state index contributed by atoms with van der Waals surface area (Å²) in [6, 6.07) is 3.93. The number of nitrogen functional groups attached to an aromatic ring is 1. The van der Waals surface area contributed by atoms with Crippen LogP contribution in [0.5, 0.6) is 0 Å². The maximum absolute atomic E-state index is 7.80. The van der Waals surface area contributed by atoms with Gasteiger partial charge in [-0.3, -0.25) is 5.41 Å². The first-order valence-corrected chi connectivity index (χ1v) is 5.02. The zero-order valence-electron chi connectivity index (χ0n) is 9.89. The van der Waals surface area contributed by atoms with Crippen molar-refractivity contribution in [2.45, 2.75) is 20.3 Å². The Bertz CT molecular complexity index is 381. The fraction of sp³-hybridized carbons (Fsp3) is 0.417. The Morgan fingerprint density at radius 3 is 2.40 bits per heavy atom. The van der Waals surface area contributed by atoms with Crippen LogP contribution in [0.1, 0.15) is 16.7 Å². The molecule has 0 heterocycles. The molecule has 0 aliphatic heterocycles. The van der Waals surface area contributed by atoms with E-state index in [1.807, 2.05) is 38.1 Å². The van der Waals surface area contributed by atoms with Gasteiger partial charge in [-0.15, -0.1) is 0 Å². The molecule has 3 N–H and O–H groups in total. The van der Waals surface area contributed by atoms with Crippen LogP contribution in [0.2, 0.25) is 0 Å². The van der Waals surface area contributed by atoms with Crippen molar-refractivity contribution in [1.82, 2.24) is 4.90 Å². The van der Waals surface area contributed by atoms with Gasteiger partial charge in [0, 0.05) is 26.2 Å². The lowest BCUT2D eigenvalue weighted by Crippen LogP contribution is -2.23. The van der Waals surface area contributed by atoms with Gasteiger partial charge in [-0.05, 0) is 36.6 Å². The molecule has 0 aliphatic carbocycles. The number of hydrogen-bond donors (Lipinski definition) is 2. The maximum Gasteiger partial charge on any atom is 0.0997 e. The van der Waals surface area contributed by atoms with E-state index >= 15 is 0 Å². The third-order valence-corrected chi connectivity index (χ3v) is 2.84. The van der Waals surface area contributed by atoms with Crippen molar-refractivity contribution in [2.24, 2.45) is 0 Å². The van der Waals surface area contributed by atoms with Crippen LogP contribution in [0.4, 0.5) is 5.69 Å². The molecule has 15 heavy (non-hydrogen) atoms. The lowest BCUT2D eigenvalue weighted by molar-refractivity contribution is 0.604. The summed E-state index contributed by atoms with van der Waals surface area (Å²) in [6.45, 7) is 4.08. The minimum Gasteiger partial charge on any atom is -0.399 e. The summed E-state index contributed by atoms with van der Waals surface area (Å²) >= 11 is 0. The zero-order valence-corrected chi connectivity index (χ0v) is 9.89. The molecule has 0 fully saturated rings. The third-order valence-electron chi connectivity index (χ3n) is 2.84. The Labute approximate surface area is 91.4 Å². The molecule has 1 aromatic rings. The van der Waals surface area contributed by atoms with Crippen LogP contribution in [0, 0.1) is 19.3 Å². The predicted molar refractivity (Wildman–Crippen MR) is 65.4 cm³/mol. The minimum absolute atomic E-state index is 0.613. The summed E-state index contributed by atoms with van der Waals surface area (Å²) in [4.78, 5) is 1.82. The molecule has 0 spiro atoms. The molecular weight excluding hydrogens is 186 g/mol. The zero-order chi connectivity index (χ0) is 11.6. The lowest BCUT2D eigenvalue weighted by Gasteiger charge is -2.16. The van der Waals surface area contributed by atoms with E-state index in [2.05, 4.69) is 6.92 Å². The first-order chi connectivity index (χ1) is 6.93. The molecule has 0 saturated carbocycles. The Kier molecular flexibility index (Phi) is 3.35. The monoisotopic (exact) mass is 205 g/mol. The van der Waals surface area contributed by atoms with Crippen LogP contribution < -0.4 is 5.73 Å². The average molecular weight is 205 g/mol. The van der Waals surface area contributed by atoms with Gasteiger partial charge in [-0.25, -0.2) is 0 Å². The summed E-state index contributed by atoms with van der Waals surface area (Å²) in [5.74, 6) is 0.613. The molecule has 0 saturated heterocycles. The number of rotatable bonds is 2. The molecule has 1 aromatic carbocycles. The second kappa shape index (κ2) is 4.34. The van der Waals surface area contributed by atoms with Gasteiger partial charge in [0.1, 0.15) is 0 Å². The van der Waals surface area contributed by atoms with Crippen LogP contribution in [0.3, 0.4) is 0 Å². The first-order valence-electron chi connectivity index (χ1n) is 5.02. The third kappa shape index (κ3) is 2.49. The van der Waals surface area contributed by atoms with Crippen molar-refractivity contribution < 1.29 is 0 Å². The highest BCUT2D eigenvalue weighted by molar-refractivity contribution is 5.81. The number of benzene rings is 1. The number of anilines is 1. The molecule has 0 atom stereocenters. The van der Waals surface area contributed by atoms with Gasteiger partial charge < -0.3 is 10.6 Å². The first kappa shape index (κ1) is 11.6. The summed E-state index contributed by atoms with van der Waals surface area (Å²) in [5, 5.41) is 7.80. The van der Waals surface area contributed by atoms with Crippen molar-refractivity contribution >= 4 is 11.5 Å². The average Bonchev–Trinajstić information content (AvgIpc) is 2.18. The molecule has 0 aliphatic rings. The number of nitrogens with two attached hydrogens (primary N) is 1. The smallest absolute Gasteiger partial charge is 0.0997 e. The fourth-order valence-corrected chi connectivity index (χ4v) is 1.43. The maximum atomic E-state index is 7.80. The fourth-order valence-electron chi connectivity index (χ4n) is 1.43. The van der Waals surface area contributed by atoms with E-state index in [-0.39, 0.29) is 0 Å². The number of amidine groups is 1. The molecule has 0 radical (unpaired) electrons. The predicted octanol–water partition coefficient (Wildman–Crippen LogP) is 1.97. The van der Waals surface area contributed by atoms with Crippen LogP contribution in [-0.2, 0) is 6.42 Å². The van der Waals surface area contributed by atoms with Crippen molar-refractivity contribution in [3.05, 3.63) is 28.8 Å². The molecule has 3 heteroatoms. The molecular formula is C12H19N3. The van der Waals surface area contributed by atoms with Gasteiger partial charge in [0.2, 0.25) is 0 Å². The highest BCUT2D eigenvalue weighted by Crippen LogP contribution is 2.20. The molecule has 0 bridgehead atoms. The van der Waals surface area contributed by atoms with E-state index in [1.165, 1.54) is 11.1 Å². The van der Waals surface area contributed by atoms with E-state index in [0.717, 1.165) is 11.3 Å². The van der Waals surface area contributed by atoms with Crippen molar-refractivity contribution in [2.75, 3.05) is 19.8 Å². The normalized spacial score (nSPS) is 10.1. The summed E-state index contributed by atoms with van der Waals surface area (Å²) in [5.41, 5.74) is 10.1. The van der Waals surface area contributed by atoms with Crippen molar-refractivity contribution in [3.8, 4) is 0 Å². The number of nitrogens with one attached hydrogen (secondary N) is 1. The standard InChI is InChI=1S/C12H19N3/c1-8-9(2)11(13)6-5-10(8)7-12(14)15(3)4/h5-6,14H,7,13H2,1-4H3. The Hall–Kier alpha value is -1.51. The Balaban J connectivity index is 2.97. The second-order valence-corrected chi connectivity index (χ2v) is 4.08. The number of likely N-dealkylation sites (N-methyl/N-ethyl adjacent to an activating group) is 1. The van der Waals surface area contributed by atoms with Crippen LogP contribution in [0.25, 0.3) is 0 Å². The topological polar surface area (TPSA) is 53.1 Å². The van der Waals surface area contributed by atoms with Crippen molar-refractivity contribution in [1.29, 1.82) is 5.41 Å². The van der Waals surface area contributed by atoms with Gasteiger partial charge >= 0.3 is 0 Å².